The Bertz CT molecular complexity index is 783. The maximum Gasteiger partial charge on any atom is 0.191 e. The Morgan fingerprint density at radius 1 is 1.24 bits per heavy atom. The van der Waals surface area contributed by atoms with Crippen LogP contribution in [0.25, 0.3) is 0 Å². The molecule has 1 aromatic heterocycles. The fourth-order valence-corrected chi connectivity index (χ4v) is 3.92. The van der Waals surface area contributed by atoms with Crippen LogP contribution < -0.4 is 15.4 Å². The largest absolute Gasteiger partial charge is 0.492 e. The molecule has 158 valence electrons. The van der Waals surface area contributed by atoms with Gasteiger partial charge in [-0.25, -0.2) is 4.98 Å². The lowest BCUT2D eigenvalue weighted by Crippen LogP contribution is -2.38. The second-order valence-corrected chi connectivity index (χ2v) is 8.27. The summed E-state index contributed by atoms with van der Waals surface area (Å²) in [5.41, 5.74) is 2.25. The number of hydrogen-bond acceptors (Lipinski definition) is 6. The molecule has 1 fully saturated rings. The molecule has 1 aromatic carbocycles. The van der Waals surface area contributed by atoms with Gasteiger partial charge in [-0.2, -0.15) is 0 Å². The lowest BCUT2D eigenvalue weighted by molar-refractivity contribution is 0.0322. The van der Waals surface area contributed by atoms with E-state index in [0.717, 1.165) is 60.8 Å². The van der Waals surface area contributed by atoms with Crippen molar-refractivity contribution in [2.24, 2.45) is 4.99 Å². The normalized spacial score (nSPS) is 15.3. The summed E-state index contributed by atoms with van der Waals surface area (Å²) in [4.78, 5) is 12.5. The Balaban J connectivity index is 1.42. The lowest BCUT2D eigenvalue weighted by Gasteiger charge is -2.26. The van der Waals surface area contributed by atoms with E-state index in [4.69, 9.17) is 9.47 Å². The maximum absolute atomic E-state index is 5.94. The van der Waals surface area contributed by atoms with Crippen molar-refractivity contribution in [1.29, 1.82) is 0 Å². The van der Waals surface area contributed by atoms with Crippen LogP contribution in [0.3, 0.4) is 0 Å². The summed E-state index contributed by atoms with van der Waals surface area (Å²) in [6.45, 7) is 10.7. The number of thiazole rings is 1. The second kappa shape index (κ2) is 11.1. The van der Waals surface area contributed by atoms with Gasteiger partial charge >= 0.3 is 0 Å². The Morgan fingerprint density at radius 2 is 2.03 bits per heavy atom. The Morgan fingerprint density at radius 3 is 2.76 bits per heavy atom. The molecule has 2 heterocycles. The molecule has 0 bridgehead atoms. The molecule has 1 aliphatic rings. The first-order valence-corrected chi connectivity index (χ1v) is 10.8. The molecule has 0 saturated carbocycles. The number of nitrogens with one attached hydrogen (secondary N) is 2. The average Bonchev–Trinajstić information content (AvgIpc) is 3.06. The minimum atomic E-state index is 0.670. The van der Waals surface area contributed by atoms with Crippen molar-refractivity contribution in [2.75, 3.05) is 46.5 Å². The zero-order chi connectivity index (χ0) is 20.5. The van der Waals surface area contributed by atoms with Crippen molar-refractivity contribution in [3.8, 4) is 5.75 Å². The third kappa shape index (κ3) is 6.99. The molecular weight excluding hydrogens is 386 g/mol. The summed E-state index contributed by atoms with van der Waals surface area (Å²) in [5, 5.41) is 7.74. The van der Waals surface area contributed by atoms with Gasteiger partial charge in [0.1, 0.15) is 17.4 Å². The molecule has 7 nitrogen and oxygen atoms in total. The molecule has 0 unspecified atom stereocenters. The van der Waals surface area contributed by atoms with Gasteiger partial charge in [0, 0.05) is 38.1 Å². The van der Waals surface area contributed by atoms with Gasteiger partial charge in [0.2, 0.25) is 0 Å². The van der Waals surface area contributed by atoms with Gasteiger partial charge in [0.25, 0.3) is 0 Å². The average molecular weight is 418 g/mol. The molecule has 8 heteroatoms. The van der Waals surface area contributed by atoms with Crippen molar-refractivity contribution in [3.63, 3.8) is 0 Å². The third-order valence-electron chi connectivity index (χ3n) is 4.84. The number of hydrogen-bond donors (Lipinski definition) is 2. The highest BCUT2D eigenvalue weighted by Gasteiger charge is 2.10. The number of aromatic nitrogens is 1. The molecular formula is C21H31N5O2S. The van der Waals surface area contributed by atoms with Crippen LogP contribution >= 0.6 is 11.3 Å². The molecule has 1 aliphatic heterocycles. The Hall–Kier alpha value is -2.16. The summed E-state index contributed by atoms with van der Waals surface area (Å²) in [5.74, 6) is 1.66. The third-order valence-corrected chi connectivity index (χ3v) is 5.91. The number of nitrogens with zero attached hydrogens (tertiary/aromatic N) is 3. The van der Waals surface area contributed by atoms with Gasteiger partial charge in [-0.15, -0.1) is 11.3 Å². The van der Waals surface area contributed by atoms with Crippen molar-refractivity contribution in [1.82, 2.24) is 20.5 Å². The predicted octanol–water partition coefficient (Wildman–Crippen LogP) is 2.34. The number of aryl methyl sites for hydroxylation is 2. The fourth-order valence-electron chi connectivity index (χ4n) is 3.04. The molecule has 1 saturated heterocycles. The first-order chi connectivity index (χ1) is 14.1. The predicted molar refractivity (Wildman–Crippen MR) is 118 cm³/mol. The van der Waals surface area contributed by atoms with Gasteiger partial charge < -0.3 is 20.1 Å². The van der Waals surface area contributed by atoms with Crippen LogP contribution in [0.1, 0.15) is 21.1 Å². The van der Waals surface area contributed by atoms with Crippen molar-refractivity contribution in [3.05, 3.63) is 45.4 Å². The quantitative estimate of drug-likeness (QED) is 0.508. The van der Waals surface area contributed by atoms with Gasteiger partial charge in [0.15, 0.2) is 5.96 Å². The smallest absolute Gasteiger partial charge is 0.191 e. The molecule has 2 aromatic rings. The van der Waals surface area contributed by atoms with Gasteiger partial charge in [-0.1, -0.05) is 12.1 Å². The van der Waals surface area contributed by atoms with E-state index in [1.807, 2.05) is 19.1 Å². The zero-order valence-electron chi connectivity index (χ0n) is 17.5. The van der Waals surface area contributed by atoms with E-state index in [0.29, 0.717) is 19.7 Å². The second-order valence-electron chi connectivity index (χ2n) is 6.98. The molecule has 3 rings (SSSR count). The number of rotatable bonds is 8. The molecule has 0 atom stereocenters. The summed E-state index contributed by atoms with van der Waals surface area (Å²) in [6.07, 6.45) is 0. The number of aliphatic imine (C=N–C) groups is 1. The summed E-state index contributed by atoms with van der Waals surface area (Å²) >= 11 is 1.72. The highest BCUT2D eigenvalue weighted by atomic mass is 32.1. The van der Waals surface area contributed by atoms with Crippen LogP contribution in [0.4, 0.5) is 0 Å². The summed E-state index contributed by atoms with van der Waals surface area (Å²) < 4.78 is 11.3. The van der Waals surface area contributed by atoms with Crippen LogP contribution in [-0.4, -0.2) is 62.3 Å². The van der Waals surface area contributed by atoms with E-state index in [1.54, 1.807) is 18.4 Å². The first kappa shape index (κ1) is 21.5. The SMILES string of the molecule is CN=C(NCc1cccc(OCCN2CCOCC2)c1)NCc1nc(C)c(C)s1. The van der Waals surface area contributed by atoms with Gasteiger partial charge in [0.05, 0.1) is 25.5 Å². The van der Waals surface area contributed by atoms with Gasteiger partial charge in [-0.3, -0.25) is 9.89 Å². The number of benzene rings is 1. The van der Waals surface area contributed by atoms with E-state index in [2.05, 4.69) is 44.6 Å². The molecule has 0 amide bonds. The Kier molecular flexibility index (Phi) is 8.27. The minimum absolute atomic E-state index is 0.670. The monoisotopic (exact) mass is 417 g/mol. The lowest BCUT2D eigenvalue weighted by atomic mass is 10.2. The summed E-state index contributed by atoms with van der Waals surface area (Å²) in [7, 11) is 1.78. The van der Waals surface area contributed by atoms with E-state index in [1.165, 1.54) is 4.88 Å². The molecule has 0 spiro atoms. The number of morpholine rings is 1. The van der Waals surface area contributed by atoms with Crippen LogP contribution in [0.5, 0.6) is 5.75 Å². The Labute approximate surface area is 177 Å². The topological polar surface area (TPSA) is 71.0 Å². The van der Waals surface area contributed by atoms with Crippen molar-refractivity contribution < 1.29 is 9.47 Å². The van der Waals surface area contributed by atoms with Gasteiger partial charge in [-0.05, 0) is 31.5 Å². The fraction of sp³-hybridized carbons (Fsp3) is 0.524. The maximum atomic E-state index is 5.94. The minimum Gasteiger partial charge on any atom is -0.492 e. The van der Waals surface area contributed by atoms with Crippen LogP contribution in [-0.2, 0) is 17.8 Å². The van der Waals surface area contributed by atoms with Crippen LogP contribution in [0, 0.1) is 13.8 Å². The molecule has 0 radical (unpaired) electrons. The molecule has 0 aliphatic carbocycles. The van der Waals surface area contributed by atoms with Crippen LogP contribution in [0.15, 0.2) is 29.3 Å². The van der Waals surface area contributed by atoms with E-state index in [9.17, 15) is 0 Å². The molecule has 2 N–H and O–H groups in total. The highest BCUT2D eigenvalue weighted by molar-refractivity contribution is 7.11. The van der Waals surface area contributed by atoms with Crippen LogP contribution in [0.2, 0.25) is 0 Å². The van der Waals surface area contributed by atoms with E-state index >= 15 is 0 Å². The number of guanidine groups is 1. The standard InChI is InChI=1S/C21H31N5O2S/c1-16-17(2)29-20(25-16)15-24-21(22-3)23-14-18-5-4-6-19(13-18)28-12-9-26-7-10-27-11-8-26/h4-6,13H,7-12,14-15H2,1-3H3,(H2,22,23,24). The van der Waals surface area contributed by atoms with Crippen molar-refractivity contribution >= 4 is 17.3 Å². The van der Waals surface area contributed by atoms with Crippen molar-refractivity contribution in [2.45, 2.75) is 26.9 Å². The number of ether oxygens (including phenoxy) is 2. The highest BCUT2D eigenvalue weighted by Crippen LogP contribution is 2.16. The van der Waals surface area contributed by atoms with E-state index < -0.39 is 0 Å². The summed E-state index contributed by atoms with van der Waals surface area (Å²) in [6, 6.07) is 8.19. The molecule has 29 heavy (non-hydrogen) atoms. The van der Waals surface area contributed by atoms with E-state index in [-0.39, 0.29) is 0 Å². The zero-order valence-corrected chi connectivity index (χ0v) is 18.3. The first-order valence-electron chi connectivity index (χ1n) is 10.0.